The molecule has 0 amide bonds. The fraction of sp³-hybridized carbons (Fsp3) is 0.414. The van der Waals surface area contributed by atoms with Gasteiger partial charge < -0.3 is 19.7 Å². The Morgan fingerprint density at radius 2 is 1.90 bits per heavy atom. The molecule has 5 unspecified atom stereocenters. The maximum absolute atomic E-state index is 14.4. The van der Waals surface area contributed by atoms with Crippen molar-refractivity contribution in [3.8, 4) is 11.6 Å². The Labute approximate surface area is 238 Å². The van der Waals surface area contributed by atoms with Gasteiger partial charge in [-0.2, -0.15) is 0 Å². The van der Waals surface area contributed by atoms with E-state index in [1.807, 2.05) is 54.6 Å². The van der Waals surface area contributed by atoms with Crippen LogP contribution in [0, 0.1) is 5.92 Å². The van der Waals surface area contributed by atoms with Crippen molar-refractivity contribution in [3.05, 3.63) is 87.0 Å². The van der Waals surface area contributed by atoms with Gasteiger partial charge in [0.2, 0.25) is 5.88 Å². The van der Waals surface area contributed by atoms with Gasteiger partial charge in [0.25, 0.3) is 5.92 Å². The van der Waals surface area contributed by atoms with Crippen molar-refractivity contribution in [2.75, 3.05) is 26.7 Å². The van der Waals surface area contributed by atoms with Gasteiger partial charge in [0.1, 0.15) is 10.9 Å². The molecule has 0 radical (unpaired) electrons. The summed E-state index contributed by atoms with van der Waals surface area (Å²) in [6, 6.07) is 18.3. The number of aliphatic hydroxyl groups is 2. The summed E-state index contributed by atoms with van der Waals surface area (Å²) in [5, 5.41) is 25.1. The number of pyridine rings is 1. The number of hydrogen-bond acceptors (Lipinski definition) is 6. The van der Waals surface area contributed by atoms with E-state index in [-0.39, 0.29) is 35.3 Å². The summed E-state index contributed by atoms with van der Waals surface area (Å²) in [6.07, 6.45) is -1.23. The van der Waals surface area contributed by atoms with Crippen molar-refractivity contribution < 1.29 is 28.5 Å². The molecule has 3 aromatic rings. The van der Waals surface area contributed by atoms with E-state index in [1.165, 1.54) is 13.2 Å². The van der Waals surface area contributed by atoms with Crippen LogP contribution in [0.5, 0.6) is 11.6 Å². The zero-order valence-corrected chi connectivity index (χ0v) is 23.5. The Hall–Kier alpha value is -2.30. The van der Waals surface area contributed by atoms with Crippen LogP contribution in [0.4, 0.5) is 8.78 Å². The van der Waals surface area contributed by atoms with Crippen LogP contribution in [0.25, 0.3) is 0 Å². The molecule has 3 aliphatic rings. The first-order chi connectivity index (χ1) is 18.6. The van der Waals surface area contributed by atoms with Gasteiger partial charge >= 0.3 is 0 Å². The Morgan fingerprint density at radius 1 is 1.18 bits per heavy atom. The maximum atomic E-state index is 14.4. The molecule has 6 nitrogen and oxygen atoms in total. The number of nitrogens with zero attached hydrogens (tertiary/aromatic N) is 2. The minimum absolute atomic E-state index is 0.0370. The Kier molecular flexibility index (Phi) is 6.66. The van der Waals surface area contributed by atoms with Crippen LogP contribution in [-0.2, 0) is 11.2 Å². The van der Waals surface area contributed by atoms with E-state index in [2.05, 4.69) is 20.9 Å². The van der Waals surface area contributed by atoms with Gasteiger partial charge in [0, 0.05) is 35.3 Å². The SMILES string of the molecule is COc1nc(Cl)cc2c1C1(O)C(O)C(CN3CCCC(F)(F)C3)C(c3ccccc3)C1(c1ccc(Br)cc1)O2. The molecule has 0 spiro atoms. The van der Waals surface area contributed by atoms with Crippen molar-refractivity contribution in [2.45, 2.75) is 42.0 Å². The number of piperidine rings is 1. The first-order valence-corrected chi connectivity index (χ1v) is 14.0. The number of fused-ring (bicyclic) bond motifs is 3. The van der Waals surface area contributed by atoms with Gasteiger partial charge in [0.05, 0.1) is 25.3 Å². The fourth-order valence-electron chi connectivity index (χ4n) is 6.95. The number of rotatable bonds is 5. The lowest BCUT2D eigenvalue weighted by atomic mass is 9.71. The normalized spacial score (nSPS) is 31.4. The minimum atomic E-state index is -2.81. The third kappa shape index (κ3) is 4.08. The van der Waals surface area contributed by atoms with E-state index in [0.29, 0.717) is 18.5 Å². The van der Waals surface area contributed by atoms with Crippen LogP contribution in [0.15, 0.2) is 65.1 Å². The summed E-state index contributed by atoms with van der Waals surface area (Å²) in [6.45, 7) is 0.209. The molecule has 2 N–H and O–H groups in total. The third-order valence-corrected chi connectivity index (χ3v) is 9.13. The second kappa shape index (κ2) is 9.66. The van der Waals surface area contributed by atoms with Gasteiger partial charge in [-0.15, -0.1) is 0 Å². The van der Waals surface area contributed by atoms with Gasteiger partial charge in [-0.25, -0.2) is 13.8 Å². The summed E-state index contributed by atoms with van der Waals surface area (Å²) in [5.41, 5.74) is -1.98. The molecule has 39 heavy (non-hydrogen) atoms. The largest absolute Gasteiger partial charge is 0.481 e. The van der Waals surface area contributed by atoms with Gasteiger partial charge in [-0.1, -0.05) is 70.0 Å². The number of halogens is 4. The number of likely N-dealkylation sites (tertiary alicyclic amines) is 1. The number of aromatic nitrogens is 1. The predicted octanol–water partition coefficient (Wildman–Crippen LogP) is 5.49. The monoisotopic (exact) mass is 620 g/mol. The van der Waals surface area contributed by atoms with E-state index in [9.17, 15) is 19.0 Å². The summed E-state index contributed by atoms with van der Waals surface area (Å²) in [4.78, 5) is 5.96. The molecular weight excluding hydrogens is 594 g/mol. The van der Waals surface area contributed by atoms with Crippen molar-refractivity contribution in [1.82, 2.24) is 9.88 Å². The smallest absolute Gasteiger partial charge is 0.260 e. The topological polar surface area (TPSA) is 75.0 Å². The highest BCUT2D eigenvalue weighted by atomic mass is 79.9. The van der Waals surface area contributed by atoms with Crippen LogP contribution in [0.3, 0.4) is 0 Å². The molecule has 0 bridgehead atoms. The van der Waals surface area contributed by atoms with Crippen LogP contribution in [0.2, 0.25) is 5.15 Å². The Morgan fingerprint density at radius 3 is 2.56 bits per heavy atom. The van der Waals surface area contributed by atoms with E-state index >= 15 is 0 Å². The highest BCUT2D eigenvalue weighted by Gasteiger charge is 2.77. The summed E-state index contributed by atoms with van der Waals surface area (Å²) < 4.78 is 42.0. The minimum Gasteiger partial charge on any atom is -0.481 e. The molecule has 1 aromatic heterocycles. The average molecular weight is 622 g/mol. The second-order valence-electron chi connectivity index (χ2n) is 10.6. The lowest BCUT2D eigenvalue weighted by Crippen LogP contribution is -2.52. The number of alkyl halides is 2. The molecule has 1 saturated heterocycles. The van der Waals surface area contributed by atoms with Crippen molar-refractivity contribution >= 4 is 27.5 Å². The average Bonchev–Trinajstić information content (AvgIpc) is 3.26. The van der Waals surface area contributed by atoms with E-state index < -0.39 is 41.6 Å². The van der Waals surface area contributed by atoms with E-state index in [0.717, 1.165) is 10.0 Å². The standard InChI is InChI=1S/C29H28BrClF2N2O4/c1-38-26-24-21(14-22(31)34-26)39-29(18-8-10-19(30)11-9-18)23(17-6-3-2-4-7-17)20(25(36)28(24,29)37)15-35-13-5-12-27(32,33)16-35/h2-4,6-11,14,20,23,25,36-37H,5,12-13,15-16H2,1H3. The molecule has 3 heterocycles. The zero-order valence-electron chi connectivity index (χ0n) is 21.2. The molecule has 1 aliphatic carbocycles. The van der Waals surface area contributed by atoms with Gasteiger partial charge in [-0.05, 0) is 36.2 Å². The lowest BCUT2D eigenvalue weighted by Gasteiger charge is -2.41. The number of aliphatic hydroxyl groups excluding tert-OH is 1. The van der Waals surface area contributed by atoms with Crippen LogP contribution in [-0.4, -0.2) is 58.9 Å². The maximum Gasteiger partial charge on any atom is 0.260 e. The molecule has 206 valence electrons. The van der Waals surface area contributed by atoms with E-state index in [1.54, 1.807) is 4.90 Å². The molecule has 2 aliphatic heterocycles. The summed E-state index contributed by atoms with van der Waals surface area (Å²) >= 11 is 9.78. The Balaban J connectivity index is 1.60. The third-order valence-electron chi connectivity index (χ3n) is 8.40. The fourth-order valence-corrected chi connectivity index (χ4v) is 7.39. The number of methoxy groups -OCH3 is 1. The number of ether oxygens (including phenoxy) is 2. The first kappa shape index (κ1) is 26.9. The van der Waals surface area contributed by atoms with Gasteiger partial charge in [-0.3, -0.25) is 4.90 Å². The number of benzene rings is 2. The Bertz CT molecular complexity index is 1380. The van der Waals surface area contributed by atoms with E-state index in [4.69, 9.17) is 21.1 Å². The quantitative estimate of drug-likeness (QED) is 0.368. The van der Waals surface area contributed by atoms with Crippen LogP contribution >= 0.6 is 27.5 Å². The van der Waals surface area contributed by atoms with Gasteiger partial charge in [0.15, 0.2) is 11.2 Å². The molecule has 5 atom stereocenters. The highest BCUT2D eigenvalue weighted by Crippen LogP contribution is 2.69. The molecular formula is C29H28BrClF2N2O4. The summed E-state index contributed by atoms with van der Waals surface area (Å²) in [5.74, 6) is -3.84. The molecule has 10 heteroatoms. The lowest BCUT2D eigenvalue weighted by molar-refractivity contribution is -0.153. The molecule has 2 aromatic carbocycles. The van der Waals surface area contributed by atoms with Crippen LogP contribution in [0.1, 0.15) is 35.4 Å². The molecule has 2 fully saturated rings. The molecule has 1 saturated carbocycles. The zero-order chi connectivity index (χ0) is 27.6. The van der Waals surface area contributed by atoms with Crippen LogP contribution < -0.4 is 9.47 Å². The van der Waals surface area contributed by atoms with Crippen molar-refractivity contribution in [2.24, 2.45) is 5.92 Å². The highest BCUT2D eigenvalue weighted by molar-refractivity contribution is 9.10. The number of hydrogen-bond donors (Lipinski definition) is 2. The summed E-state index contributed by atoms with van der Waals surface area (Å²) in [7, 11) is 1.41. The van der Waals surface area contributed by atoms with Crippen molar-refractivity contribution in [1.29, 1.82) is 0 Å². The first-order valence-electron chi connectivity index (χ1n) is 12.9. The predicted molar refractivity (Wildman–Crippen MR) is 145 cm³/mol. The van der Waals surface area contributed by atoms with Crippen molar-refractivity contribution in [3.63, 3.8) is 0 Å². The second-order valence-corrected chi connectivity index (χ2v) is 11.9. The molecule has 6 rings (SSSR count).